The van der Waals surface area contributed by atoms with Crippen LogP contribution in [0.1, 0.15) is 39.2 Å². The summed E-state index contributed by atoms with van der Waals surface area (Å²) in [6.45, 7) is 10.2. The lowest BCUT2D eigenvalue weighted by molar-refractivity contribution is 0.278. The summed E-state index contributed by atoms with van der Waals surface area (Å²) in [6.07, 6.45) is 2.49. The molecule has 0 bridgehead atoms. The number of nitrogens with zero attached hydrogens (tertiary/aromatic N) is 2. The molecule has 1 aromatic rings. The van der Waals surface area contributed by atoms with E-state index in [1.165, 1.54) is 18.4 Å². The summed E-state index contributed by atoms with van der Waals surface area (Å²) in [4.78, 5) is 7.18. The molecule has 24 heavy (non-hydrogen) atoms. The minimum Gasteiger partial charge on any atom is -0.357 e. The third-order valence-corrected chi connectivity index (χ3v) is 4.76. The molecule has 0 aliphatic heterocycles. The Labute approximate surface area is 164 Å². The maximum atomic E-state index is 4.84. The number of rotatable bonds is 8. The van der Waals surface area contributed by atoms with Crippen LogP contribution >= 0.6 is 24.0 Å². The zero-order valence-electron chi connectivity index (χ0n) is 15.5. The van der Waals surface area contributed by atoms with Gasteiger partial charge in [-0.3, -0.25) is 4.99 Å². The molecule has 0 unspecified atom stereocenters. The van der Waals surface area contributed by atoms with Gasteiger partial charge in [-0.25, -0.2) is 0 Å². The van der Waals surface area contributed by atoms with E-state index in [1.807, 2.05) is 0 Å². The molecule has 136 valence electrons. The smallest absolute Gasteiger partial charge is 0.191 e. The second-order valence-electron chi connectivity index (χ2n) is 6.84. The number of aliphatic imine (C=N–C) groups is 1. The molecule has 0 aromatic heterocycles. The standard InChI is InChI=1S/C19H32N4.HI/c1-5-20-18(21-13-14-23(4)16(2)3)22-15-19(11-12-19)17-9-7-6-8-10-17;/h6-10,16H,5,11-15H2,1-4H3,(H2,20,21,22);1H. The summed E-state index contributed by atoms with van der Waals surface area (Å²) < 4.78 is 0. The molecule has 1 aliphatic rings. The third-order valence-electron chi connectivity index (χ3n) is 4.76. The lowest BCUT2D eigenvalue weighted by atomic mass is 9.96. The molecule has 4 nitrogen and oxygen atoms in total. The molecule has 0 atom stereocenters. The van der Waals surface area contributed by atoms with Crippen molar-refractivity contribution in [1.82, 2.24) is 15.5 Å². The second kappa shape index (κ2) is 10.2. The van der Waals surface area contributed by atoms with Gasteiger partial charge in [-0.05, 0) is 46.2 Å². The van der Waals surface area contributed by atoms with Crippen LogP contribution in [0.3, 0.4) is 0 Å². The average molecular weight is 444 g/mol. The lowest BCUT2D eigenvalue weighted by Crippen LogP contribution is -2.42. The summed E-state index contributed by atoms with van der Waals surface area (Å²) in [5, 5.41) is 6.81. The van der Waals surface area contributed by atoms with E-state index in [0.29, 0.717) is 6.04 Å². The fourth-order valence-electron chi connectivity index (χ4n) is 2.66. The van der Waals surface area contributed by atoms with Gasteiger partial charge < -0.3 is 15.5 Å². The largest absolute Gasteiger partial charge is 0.357 e. The van der Waals surface area contributed by atoms with E-state index in [9.17, 15) is 0 Å². The minimum absolute atomic E-state index is 0. The molecule has 0 saturated heterocycles. The maximum absolute atomic E-state index is 4.84. The van der Waals surface area contributed by atoms with Crippen molar-refractivity contribution >= 4 is 29.9 Å². The Hall–Kier alpha value is -0.820. The third kappa shape index (κ3) is 6.24. The molecule has 1 aromatic carbocycles. The Morgan fingerprint density at radius 1 is 1.21 bits per heavy atom. The first kappa shape index (κ1) is 21.2. The van der Waals surface area contributed by atoms with E-state index in [1.54, 1.807) is 0 Å². The Bertz CT molecular complexity index is 497. The highest BCUT2D eigenvalue weighted by atomic mass is 127. The molecular formula is C19H33IN4. The highest BCUT2D eigenvalue weighted by Crippen LogP contribution is 2.48. The number of hydrogen-bond donors (Lipinski definition) is 2. The monoisotopic (exact) mass is 444 g/mol. The van der Waals surface area contributed by atoms with Gasteiger partial charge in [-0.1, -0.05) is 30.3 Å². The van der Waals surface area contributed by atoms with E-state index in [4.69, 9.17) is 4.99 Å². The van der Waals surface area contributed by atoms with Crippen LogP contribution in [-0.2, 0) is 5.41 Å². The molecule has 0 heterocycles. The van der Waals surface area contributed by atoms with Crippen LogP contribution in [0.15, 0.2) is 35.3 Å². The van der Waals surface area contributed by atoms with E-state index in [0.717, 1.165) is 32.1 Å². The quantitative estimate of drug-likeness (QED) is 0.368. The second-order valence-corrected chi connectivity index (χ2v) is 6.84. The highest BCUT2D eigenvalue weighted by molar-refractivity contribution is 14.0. The summed E-state index contributed by atoms with van der Waals surface area (Å²) in [7, 11) is 2.16. The molecule has 0 spiro atoms. The van der Waals surface area contributed by atoms with Gasteiger partial charge in [0.25, 0.3) is 0 Å². The molecule has 2 rings (SSSR count). The number of benzene rings is 1. The van der Waals surface area contributed by atoms with Crippen LogP contribution in [0.25, 0.3) is 0 Å². The van der Waals surface area contributed by atoms with Crippen molar-refractivity contribution in [3.63, 3.8) is 0 Å². The first-order valence-electron chi connectivity index (χ1n) is 8.85. The van der Waals surface area contributed by atoms with Crippen molar-refractivity contribution in [2.45, 2.75) is 45.1 Å². The highest BCUT2D eigenvalue weighted by Gasteiger charge is 2.43. The van der Waals surface area contributed by atoms with Gasteiger partial charge in [0.05, 0.1) is 6.54 Å². The number of nitrogens with one attached hydrogen (secondary N) is 2. The fraction of sp³-hybridized carbons (Fsp3) is 0.632. The summed E-state index contributed by atoms with van der Waals surface area (Å²) in [5.74, 6) is 0.937. The Kier molecular flexibility index (Phi) is 9.05. The molecule has 1 aliphatic carbocycles. The van der Waals surface area contributed by atoms with Crippen molar-refractivity contribution in [1.29, 1.82) is 0 Å². The van der Waals surface area contributed by atoms with Crippen LogP contribution in [-0.4, -0.2) is 50.1 Å². The van der Waals surface area contributed by atoms with Crippen molar-refractivity contribution < 1.29 is 0 Å². The summed E-state index contributed by atoms with van der Waals surface area (Å²) in [5.41, 5.74) is 1.71. The number of likely N-dealkylation sites (N-methyl/N-ethyl adjacent to an activating group) is 1. The van der Waals surface area contributed by atoms with Crippen molar-refractivity contribution in [3.05, 3.63) is 35.9 Å². The molecule has 1 saturated carbocycles. The van der Waals surface area contributed by atoms with Crippen LogP contribution in [0.4, 0.5) is 0 Å². The topological polar surface area (TPSA) is 39.7 Å². The van der Waals surface area contributed by atoms with Crippen LogP contribution in [0.5, 0.6) is 0 Å². The molecule has 1 fully saturated rings. The average Bonchev–Trinajstić information content (AvgIpc) is 3.34. The van der Waals surface area contributed by atoms with E-state index < -0.39 is 0 Å². The maximum Gasteiger partial charge on any atom is 0.191 e. The van der Waals surface area contributed by atoms with Crippen LogP contribution in [0, 0.1) is 0 Å². The van der Waals surface area contributed by atoms with E-state index >= 15 is 0 Å². The first-order valence-corrected chi connectivity index (χ1v) is 8.85. The molecule has 0 radical (unpaired) electrons. The zero-order valence-corrected chi connectivity index (χ0v) is 17.8. The van der Waals surface area contributed by atoms with Crippen molar-refractivity contribution in [3.8, 4) is 0 Å². The van der Waals surface area contributed by atoms with Gasteiger partial charge in [-0.2, -0.15) is 0 Å². The first-order chi connectivity index (χ1) is 11.1. The van der Waals surface area contributed by atoms with Crippen molar-refractivity contribution in [2.24, 2.45) is 4.99 Å². The summed E-state index contributed by atoms with van der Waals surface area (Å²) >= 11 is 0. The molecule has 0 amide bonds. The van der Waals surface area contributed by atoms with Gasteiger partial charge in [-0.15, -0.1) is 24.0 Å². The zero-order chi connectivity index (χ0) is 16.7. The SMILES string of the molecule is CCNC(=NCC1(c2ccccc2)CC1)NCCN(C)C(C)C.I. The van der Waals surface area contributed by atoms with Gasteiger partial charge in [0.15, 0.2) is 5.96 Å². The van der Waals surface area contributed by atoms with E-state index in [-0.39, 0.29) is 29.4 Å². The Morgan fingerprint density at radius 3 is 2.42 bits per heavy atom. The lowest BCUT2D eigenvalue weighted by Gasteiger charge is -2.22. The van der Waals surface area contributed by atoms with Crippen LogP contribution in [0.2, 0.25) is 0 Å². The van der Waals surface area contributed by atoms with E-state index in [2.05, 4.69) is 73.7 Å². The number of guanidine groups is 1. The van der Waals surface area contributed by atoms with Gasteiger partial charge in [0.1, 0.15) is 0 Å². The van der Waals surface area contributed by atoms with Gasteiger partial charge in [0.2, 0.25) is 0 Å². The molecule has 5 heteroatoms. The Morgan fingerprint density at radius 2 is 1.88 bits per heavy atom. The molecular weight excluding hydrogens is 411 g/mol. The van der Waals surface area contributed by atoms with Gasteiger partial charge >= 0.3 is 0 Å². The number of halogens is 1. The van der Waals surface area contributed by atoms with Crippen LogP contribution < -0.4 is 10.6 Å². The Balaban J connectivity index is 0.00000288. The minimum atomic E-state index is 0. The summed E-state index contributed by atoms with van der Waals surface area (Å²) in [6, 6.07) is 11.4. The normalized spacial score (nSPS) is 16.0. The molecule has 2 N–H and O–H groups in total. The predicted molar refractivity (Wildman–Crippen MR) is 115 cm³/mol. The predicted octanol–water partition coefficient (Wildman–Crippen LogP) is 3.23. The van der Waals surface area contributed by atoms with Gasteiger partial charge in [0, 0.05) is 31.1 Å². The fourth-order valence-corrected chi connectivity index (χ4v) is 2.66. The van der Waals surface area contributed by atoms with Crippen molar-refractivity contribution in [2.75, 3.05) is 33.2 Å². The number of hydrogen-bond acceptors (Lipinski definition) is 2.